The lowest BCUT2D eigenvalue weighted by molar-refractivity contribution is 0.661. The van der Waals surface area contributed by atoms with E-state index in [-0.39, 0.29) is 5.41 Å². The van der Waals surface area contributed by atoms with Gasteiger partial charge in [-0.1, -0.05) is 80.6 Å². The van der Waals surface area contributed by atoms with Gasteiger partial charge >= 0.3 is 0 Å². The maximum absolute atomic E-state index is 5.14. The SMILES string of the molecule is CC1C=Cc2sc(-n3c4ccccc4c4cc5c(cc43)-c3ccccc3C5(C)C)nc2C1. The third-order valence-electron chi connectivity index (χ3n) is 7.37. The topological polar surface area (TPSA) is 17.8 Å². The molecule has 2 heterocycles. The van der Waals surface area contributed by atoms with Gasteiger partial charge in [-0.3, -0.25) is 4.57 Å². The number of hydrogen-bond donors (Lipinski definition) is 0. The molecule has 0 N–H and O–H groups in total. The van der Waals surface area contributed by atoms with Crippen LogP contribution >= 0.6 is 11.3 Å². The second-order valence-electron chi connectivity index (χ2n) is 9.79. The van der Waals surface area contributed by atoms with E-state index in [1.807, 2.05) is 11.3 Å². The van der Waals surface area contributed by atoms with Crippen molar-refractivity contribution in [2.24, 2.45) is 5.92 Å². The Morgan fingerprint density at radius 3 is 2.62 bits per heavy atom. The van der Waals surface area contributed by atoms with Crippen LogP contribution in [-0.4, -0.2) is 9.55 Å². The van der Waals surface area contributed by atoms with E-state index in [2.05, 4.69) is 98.2 Å². The van der Waals surface area contributed by atoms with E-state index in [1.165, 1.54) is 54.6 Å². The van der Waals surface area contributed by atoms with Crippen molar-refractivity contribution < 1.29 is 0 Å². The minimum Gasteiger partial charge on any atom is -0.285 e. The van der Waals surface area contributed by atoms with Crippen molar-refractivity contribution in [3.05, 3.63) is 88.4 Å². The van der Waals surface area contributed by atoms with E-state index in [4.69, 9.17) is 4.98 Å². The van der Waals surface area contributed by atoms with Crippen LogP contribution in [0.15, 0.2) is 66.7 Å². The molecule has 0 amide bonds. The van der Waals surface area contributed by atoms with Crippen LogP contribution in [0.2, 0.25) is 0 Å². The van der Waals surface area contributed by atoms with Crippen LogP contribution in [0.4, 0.5) is 0 Å². The molecule has 2 nitrogen and oxygen atoms in total. The monoisotopic (exact) mass is 432 g/mol. The molecule has 3 aromatic carbocycles. The van der Waals surface area contributed by atoms with Crippen LogP contribution in [-0.2, 0) is 11.8 Å². The van der Waals surface area contributed by atoms with Gasteiger partial charge < -0.3 is 0 Å². The summed E-state index contributed by atoms with van der Waals surface area (Å²) in [5, 5.41) is 3.69. The van der Waals surface area contributed by atoms with Crippen molar-refractivity contribution in [3.63, 3.8) is 0 Å². The molecule has 5 aromatic rings. The van der Waals surface area contributed by atoms with Crippen LogP contribution < -0.4 is 0 Å². The van der Waals surface area contributed by atoms with Gasteiger partial charge in [-0.05, 0) is 58.9 Å². The van der Waals surface area contributed by atoms with Gasteiger partial charge in [-0.25, -0.2) is 4.98 Å². The Hall–Kier alpha value is -3.17. The summed E-state index contributed by atoms with van der Waals surface area (Å²) in [6.07, 6.45) is 5.59. The maximum Gasteiger partial charge on any atom is 0.195 e. The second-order valence-corrected chi connectivity index (χ2v) is 10.8. The normalized spacial score (nSPS) is 18.2. The smallest absolute Gasteiger partial charge is 0.195 e. The molecule has 0 bridgehead atoms. The first-order valence-corrected chi connectivity index (χ1v) is 12.2. The van der Waals surface area contributed by atoms with Gasteiger partial charge in [0.2, 0.25) is 0 Å². The molecule has 0 saturated heterocycles. The van der Waals surface area contributed by atoms with Gasteiger partial charge in [0, 0.05) is 16.2 Å². The van der Waals surface area contributed by atoms with Crippen molar-refractivity contribution >= 4 is 39.2 Å². The van der Waals surface area contributed by atoms with Crippen molar-refractivity contribution in [1.82, 2.24) is 9.55 Å². The van der Waals surface area contributed by atoms with E-state index < -0.39 is 0 Å². The fourth-order valence-electron chi connectivity index (χ4n) is 5.72. The first kappa shape index (κ1) is 18.4. The van der Waals surface area contributed by atoms with Crippen LogP contribution in [0.25, 0.3) is 44.1 Å². The van der Waals surface area contributed by atoms with Gasteiger partial charge in [0.05, 0.1) is 21.6 Å². The average Bonchev–Trinajstić information content (AvgIpc) is 3.42. The van der Waals surface area contributed by atoms with Gasteiger partial charge in [0.15, 0.2) is 5.13 Å². The summed E-state index contributed by atoms with van der Waals surface area (Å²) in [4.78, 5) is 6.44. The summed E-state index contributed by atoms with van der Waals surface area (Å²) in [6.45, 7) is 6.97. The minimum atomic E-state index is 0.00449. The van der Waals surface area contributed by atoms with Crippen LogP contribution in [0.1, 0.15) is 42.5 Å². The molecule has 3 heteroatoms. The molecule has 7 rings (SSSR count). The highest BCUT2D eigenvalue weighted by molar-refractivity contribution is 7.15. The highest BCUT2D eigenvalue weighted by atomic mass is 32.1. The Balaban J connectivity index is 1.58. The highest BCUT2D eigenvalue weighted by Crippen LogP contribution is 2.51. The minimum absolute atomic E-state index is 0.00449. The van der Waals surface area contributed by atoms with Crippen LogP contribution in [0.5, 0.6) is 0 Å². The van der Waals surface area contributed by atoms with Crippen molar-refractivity contribution in [3.8, 4) is 16.3 Å². The molecular formula is C29H24N2S. The van der Waals surface area contributed by atoms with E-state index in [9.17, 15) is 0 Å². The van der Waals surface area contributed by atoms with Gasteiger partial charge in [0.1, 0.15) is 0 Å². The molecule has 1 atom stereocenters. The largest absolute Gasteiger partial charge is 0.285 e. The fraction of sp³-hybridized carbons (Fsp3) is 0.207. The summed E-state index contributed by atoms with van der Waals surface area (Å²) in [6, 6.07) is 22.5. The van der Waals surface area contributed by atoms with Crippen LogP contribution in [0.3, 0.4) is 0 Å². The molecule has 0 spiro atoms. The first-order chi connectivity index (χ1) is 15.5. The molecule has 0 aliphatic heterocycles. The summed E-state index contributed by atoms with van der Waals surface area (Å²) < 4.78 is 2.39. The lowest BCUT2D eigenvalue weighted by Crippen LogP contribution is -2.14. The number of fused-ring (bicyclic) bond motifs is 7. The van der Waals surface area contributed by atoms with Gasteiger partial charge in [0.25, 0.3) is 0 Å². The second kappa shape index (κ2) is 6.20. The number of thiazole rings is 1. The van der Waals surface area contributed by atoms with Crippen LogP contribution in [0, 0.1) is 5.92 Å². The molecule has 2 aliphatic carbocycles. The lowest BCUT2D eigenvalue weighted by Gasteiger charge is -2.21. The third-order valence-corrected chi connectivity index (χ3v) is 8.42. The Kier molecular flexibility index (Phi) is 3.57. The summed E-state index contributed by atoms with van der Waals surface area (Å²) in [5.74, 6) is 0.553. The third kappa shape index (κ3) is 2.32. The number of nitrogens with zero attached hydrogens (tertiary/aromatic N) is 2. The van der Waals surface area contributed by atoms with E-state index in [0.29, 0.717) is 5.92 Å². The Morgan fingerprint density at radius 1 is 0.906 bits per heavy atom. The molecule has 156 valence electrons. The molecule has 0 radical (unpaired) electrons. The summed E-state index contributed by atoms with van der Waals surface area (Å²) >= 11 is 1.81. The predicted molar refractivity (Wildman–Crippen MR) is 136 cm³/mol. The Labute approximate surface area is 191 Å². The standard InChI is InChI=1S/C29H24N2S/c1-17-12-13-27-24(14-17)30-28(32-27)31-25-11-7-5-9-19(25)21-15-23-20(16-26(21)31)18-8-4-6-10-22(18)29(23,2)3/h4-13,15-17H,14H2,1-3H3. The van der Waals surface area contributed by atoms with Crippen molar-refractivity contribution in [2.45, 2.75) is 32.6 Å². The number of aromatic nitrogens is 2. The van der Waals surface area contributed by atoms with Crippen molar-refractivity contribution in [2.75, 3.05) is 0 Å². The molecule has 0 saturated carbocycles. The highest BCUT2D eigenvalue weighted by Gasteiger charge is 2.36. The number of rotatable bonds is 1. The number of para-hydroxylation sites is 1. The Bertz CT molecular complexity index is 1590. The molecule has 2 aromatic heterocycles. The lowest BCUT2D eigenvalue weighted by atomic mass is 9.82. The predicted octanol–water partition coefficient (Wildman–Crippen LogP) is 7.75. The van der Waals surface area contributed by atoms with Gasteiger partial charge in [-0.15, -0.1) is 0 Å². The van der Waals surface area contributed by atoms with Crippen molar-refractivity contribution in [1.29, 1.82) is 0 Å². The van der Waals surface area contributed by atoms with E-state index >= 15 is 0 Å². The zero-order valence-corrected chi connectivity index (χ0v) is 19.3. The number of allylic oxidation sites excluding steroid dienone is 1. The molecule has 1 unspecified atom stereocenters. The first-order valence-electron chi connectivity index (χ1n) is 11.4. The fourth-order valence-corrected chi connectivity index (χ4v) is 6.75. The van der Waals surface area contributed by atoms with Gasteiger partial charge in [-0.2, -0.15) is 0 Å². The zero-order chi connectivity index (χ0) is 21.6. The van der Waals surface area contributed by atoms with E-state index in [0.717, 1.165) is 11.6 Å². The quantitative estimate of drug-likeness (QED) is 0.265. The molecular weight excluding hydrogens is 408 g/mol. The molecule has 0 fully saturated rings. The summed E-state index contributed by atoms with van der Waals surface area (Å²) in [5.41, 5.74) is 9.29. The van der Waals surface area contributed by atoms with E-state index in [1.54, 1.807) is 0 Å². The molecule has 2 aliphatic rings. The number of hydrogen-bond acceptors (Lipinski definition) is 2. The number of benzene rings is 3. The maximum atomic E-state index is 5.14. The Morgan fingerprint density at radius 2 is 1.72 bits per heavy atom. The molecule has 32 heavy (non-hydrogen) atoms. The average molecular weight is 433 g/mol. The summed E-state index contributed by atoms with van der Waals surface area (Å²) in [7, 11) is 0. The zero-order valence-electron chi connectivity index (χ0n) is 18.5.